The summed E-state index contributed by atoms with van der Waals surface area (Å²) in [5.74, 6) is 1.05. The number of aryl methyl sites for hydroxylation is 1. The van der Waals surface area contributed by atoms with Gasteiger partial charge in [0.2, 0.25) is 17.6 Å². The third-order valence-corrected chi connectivity index (χ3v) is 4.36. The lowest BCUT2D eigenvalue weighted by Gasteiger charge is -2.25. The Labute approximate surface area is 139 Å². The van der Waals surface area contributed by atoms with Gasteiger partial charge in [-0.2, -0.15) is 4.98 Å². The monoisotopic (exact) mass is 337 g/mol. The van der Waals surface area contributed by atoms with Crippen molar-refractivity contribution in [3.8, 4) is 10.7 Å². The molecule has 0 aliphatic rings. The molecule has 0 saturated carbocycles. The molecule has 0 fully saturated rings. The molecule has 23 heavy (non-hydrogen) atoms. The van der Waals surface area contributed by atoms with E-state index in [4.69, 9.17) is 4.52 Å². The molecule has 6 nitrogen and oxygen atoms in total. The molecular weight excluding hydrogens is 314 g/mol. The largest absolute Gasteiger partial charge is 0.391 e. The van der Waals surface area contributed by atoms with Crippen LogP contribution in [0, 0.1) is 5.41 Å². The Balaban J connectivity index is 1.70. The Hall–Kier alpha value is -1.73. The number of hydrogen-bond acceptors (Lipinski definition) is 6. The molecule has 2 heterocycles. The molecular formula is C16H23N3O3S. The second-order valence-corrected chi connectivity index (χ2v) is 7.48. The summed E-state index contributed by atoms with van der Waals surface area (Å²) in [4.78, 5) is 17.1. The number of nitrogens with one attached hydrogen (secondary N) is 1. The van der Waals surface area contributed by atoms with Crippen LogP contribution in [0.1, 0.15) is 39.5 Å². The number of carbonyl (C=O) groups excluding carboxylic acids is 1. The Bertz CT molecular complexity index is 617. The van der Waals surface area contributed by atoms with E-state index in [1.807, 2.05) is 38.3 Å². The summed E-state index contributed by atoms with van der Waals surface area (Å²) in [5, 5.41) is 18.5. The van der Waals surface area contributed by atoms with Crippen molar-refractivity contribution in [2.24, 2.45) is 5.41 Å². The fourth-order valence-electron chi connectivity index (χ4n) is 1.87. The van der Waals surface area contributed by atoms with Crippen molar-refractivity contribution in [3.63, 3.8) is 0 Å². The standard InChI is InChI=1S/C16H23N3O3S/c1-16(2,3)12(20)10-17-13(21)7-4-8-14-18-15(19-22-14)11-6-5-9-23-11/h5-6,9,12,20H,4,7-8,10H2,1-3H3,(H,17,21). The fraction of sp³-hybridized carbons (Fsp3) is 0.562. The van der Waals surface area contributed by atoms with Crippen molar-refractivity contribution < 1.29 is 14.4 Å². The quantitative estimate of drug-likeness (QED) is 0.811. The Morgan fingerprint density at radius 3 is 2.91 bits per heavy atom. The van der Waals surface area contributed by atoms with Gasteiger partial charge in [0.1, 0.15) is 0 Å². The summed E-state index contributed by atoms with van der Waals surface area (Å²) < 4.78 is 5.19. The summed E-state index contributed by atoms with van der Waals surface area (Å²) in [7, 11) is 0. The van der Waals surface area contributed by atoms with Crippen LogP contribution in [0.3, 0.4) is 0 Å². The van der Waals surface area contributed by atoms with E-state index >= 15 is 0 Å². The second kappa shape index (κ2) is 7.70. The third-order valence-electron chi connectivity index (χ3n) is 3.50. The number of thiophene rings is 1. The van der Waals surface area contributed by atoms with Gasteiger partial charge in [0, 0.05) is 19.4 Å². The van der Waals surface area contributed by atoms with Gasteiger partial charge >= 0.3 is 0 Å². The first kappa shape index (κ1) is 17.6. The van der Waals surface area contributed by atoms with Gasteiger partial charge in [0.05, 0.1) is 11.0 Å². The molecule has 1 atom stereocenters. The van der Waals surface area contributed by atoms with Crippen LogP contribution in [0.2, 0.25) is 0 Å². The average molecular weight is 337 g/mol. The maximum absolute atomic E-state index is 11.8. The van der Waals surface area contributed by atoms with E-state index in [1.165, 1.54) is 0 Å². The lowest BCUT2D eigenvalue weighted by Crippen LogP contribution is -2.39. The van der Waals surface area contributed by atoms with Crippen LogP contribution in [0.4, 0.5) is 0 Å². The predicted molar refractivity (Wildman–Crippen MR) is 89.0 cm³/mol. The number of carbonyl (C=O) groups is 1. The maximum atomic E-state index is 11.8. The fourth-order valence-corrected chi connectivity index (χ4v) is 2.52. The Morgan fingerprint density at radius 2 is 2.26 bits per heavy atom. The molecule has 7 heteroatoms. The van der Waals surface area contributed by atoms with Crippen LogP contribution < -0.4 is 5.32 Å². The topological polar surface area (TPSA) is 88.2 Å². The van der Waals surface area contributed by atoms with E-state index in [1.54, 1.807) is 11.3 Å². The molecule has 2 rings (SSSR count). The molecule has 0 spiro atoms. The van der Waals surface area contributed by atoms with Gasteiger partial charge in [0.15, 0.2) is 0 Å². The average Bonchev–Trinajstić information content (AvgIpc) is 3.14. The first-order valence-corrected chi connectivity index (χ1v) is 8.55. The van der Waals surface area contributed by atoms with E-state index < -0.39 is 6.10 Å². The van der Waals surface area contributed by atoms with Gasteiger partial charge in [-0.05, 0) is 23.3 Å². The number of aliphatic hydroxyl groups excluding tert-OH is 1. The summed E-state index contributed by atoms with van der Waals surface area (Å²) in [6.45, 7) is 6.07. The molecule has 0 aliphatic carbocycles. The number of aliphatic hydroxyl groups is 1. The van der Waals surface area contributed by atoms with E-state index in [0.717, 1.165) is 4.88 Å². The minimum absolute atomic E-state index is 0.0775. The molecule has 126 valence electrons. The zero-order valence-corrected chi connectivity index (χ0v) is 14.5. The van der Waals surface area contributed by atoms with E-state index in [9.17, 15) is 9.90 Å². The molecule has 0 aliphatic heterocycles. The predicted octanol–water partition coefficient (Wildman–Crippen LogP) is 2.64. The summed E-state index contributed by atoms with van der Waals surface area (Å²) in [5.41, 5.74) is -0.241. The first-order chi connectivity index (χ1) is 10.9. The lowest BCUT2D eigenvalue weighted by molar-refractivity contribution is -0.122. The number of rotatable bonds is 7. The van der Waals surface area contributed by atoms with E-state index in [2.05, 4.69) is 15.5 Å². The Morgan fingerprint density at radius 1 is 1.48 bits per heavy atom. The van der Waals surface area contributed by atoms with Gasteiger partial charge in [-0.3, -0.25) is 4.79 Å². The molecule has 0 radical (unpaired) electrons. The molecule has 2 aromatic heterocycles. The van der Waals surface area contributed by atoms with Gasteiger partial charge in [-0.15, -0.1) is 11.3 Å². The molecule has 1 unspecified atom stereocenters. The van der Waals surface area contributed by atoms with Crippen molar-refractivity contribution in [1.29, 1.82) is 0 Å². The highest BCUT2D eigenvalue weighted by Gasteiger charge is 2.22. The molecule has 0 aromatic carbocycles. The SMILES string of the molecule is CC(C)(C)C(O)CNC(=O)CCCc1nc(-c2cccs2)no1. The van der Waals surface area contributed by atoms with Crippen LogP contribution in [-0.4, -0.2) is 33.8 Å². The zero-order valence-electron chi connectivity index (χ0n) is 13.7. The van der Waals surface area contributed by atoms with Crippen molar-refractivity contribution in [1.82, 2.24) is 15.5 Å². The normalized spacial score (nSPS) is 13.0. The Kier molecular flexibility index (Phi) is 5.90. The van der Waals surface area contributed by atoms with Crippen LogP contribution in [0.15, 0.2) is 22.0 Å². The van der Waals surface area contributed by atoms with Crippen molar-refractivity contribution in [3.05, 3.63) is 23.4 Å². The smallest absolute Gasteiger partial charge is 0.226 e. The van der Waals surface area contributed by atoms with E-state index in [-0.39, 0.29) is 17.9 Å². The number of nitrogens with zero attached hydrogens (tertiary/aromatic N) is 2. The molecule has 0 saturated heterocycles. The van der Waals surface area contributed by atoms with Crippen LogP contribution in [0.5, 0.6) is 0 Å². The number of hydrogen-bond donors (Lipinski definition) is 2. The highest BCUT2D eigenvalue weighted by molar-refractivity contribution is 7.13. The molecule has 2 aromatic rings. The minimum Gasteiger partial charge on any atom is -0.391 e. The second-order valence-electron chi connectivity index (χ2n) is 6.53. The van der Waals surface area contributed by atoms with Crippen molar-refractivity contribution in [2.45, 2.75) is 46.1 Å². The minimum atomic E-state index is -0.559. The van der Waals surface area contributed by atoms with Crippen molar-refractivity contribution in [2.75, 3.05) is 6.54 Å². The van der Waals surface area contributed by atoms with Crippen molar-refractivity contribution >= 4 is 17.2 Å². The van der Waals surface area contributed by atoms with Crippen LogP contribution in [0.25, 0.3) is 10.7 Å². The van der Waals surface area contributed by atoms with E-state index in [0.29, 0.717) is 31.0 Å². The highest BCUT2D eigenvalue weighted by atomic mass is 32.1. The van der Waals surface area contributed by atoms with Gasteiger partial charge < -0.3 is 14.9 Å². The van der Waals surface area contributed by atoms with Gasteiger partial charge in [-0.25, -0.2) is 0 Å². The molecule has 0 bridgehead atoms. The number of aromatic nitrogens is 2. The van der Waals surface area contributed by atoms with Gasteiger partial charge in [0.25, 0.3) is 0 Å². The summed E-state index contributed by atoms with van der Waals surface area (Å²) in [6.07, 6.45) is 1.00. The lowest BCUT2D eigenvalue weighted by atomic mass is 9.89. The first-order valence-electron chi connectivity index (χ1n) is 7.67. The molecule has 1 amide bonds. The van der Waals surface area contributed by atoms with Crippen LogP contribution >= 0.6 is 11.3 Å². The zero-order chi connectivity index (χ0) is 16.9. The summed E-state index contributed by atoms with van der Waals surface area (Å²) in [6, 6.07) is 3.87. The molecule has 2 N–H and O–H groups in total. The van der Waals surface area contributed by atoms with Gasteiger partial charge in [-0.1, -0.05) is 32.0 Å². The third kappa shape index (κ3) is 5.44. The highest BCUT2D eigenvalue weighted by Crippen LogP contribution is 2.21. The maximum Gasteiger partial charge on any atom is 0.226 e. The summed E-state index contributed by atoms with van der Waals surface area (Å²) >= 11 is 1.56. The van der Waals surface area contributed by atoms with Crippen LogP contribution in [-0.2, 0) is 11.2 Å². The number of amides is 1.